The molecule has 3 heteroatoms. The zero-order chi connectivity index (χ0) is 22.5. The Hall–Kier alpha value is -1.71. The van der Waals surface area contributed by atoms with E-state index in [1.807, 2.05) is 0 Å². The highest BCUT2D eigenvalue weighted by Crippen LogP contribution is 2.45. The standard InChI is InChI=1S/C30H17I3/c31-26-16-19(17-27(32)30(26)33)28-22-11-3-5-13-24(22)29(25-14-6-4-12-23(25)28)21-15-7-9-18-8-1-2-10-20(18)21/h1-17H. The van der Waals surface area contributed by atoms with Gasteiger partial charge in [-0.25, -0.2) is 0 Å². The Bertz CT molecular complexity index is 1610. The fraction of sp³-hybridized carbons (Fsp3) is 0. The zero-order valence-electron chi connectivity index (χ0n) is 17.4. The predicted molar refractivity (Wildman–Crippen MR) is 168 cm³/mol. The van der Waals surface area contributed by atoms with E-state index in [1.165, 1.54) is 65.3 Å². The number of hydrogen-bond acceptors (Lipinski definition) is 0. The Kier molecular flexibility index (Phi) is 5.82. The van der Waals surface area contributed by atoms with Crippen LogP contribution in [-0.2, 0) is 0 Å². The molecule has 0 spiro atoms. The van der Waals surface area contributed by atoms with E-state index in [1.54, 1.807) is 0 Å². The normalized spacial score (nSPS) is 11.5. The molecule has 0 saturated heterocycles. The van der Waals surface area contributed by atoms with Gasteiger partial charge in [-0.3, -0.25) is 0 Å². The molecule has 6 aromatic carbocycles. The van der Waals surface area contributed by atoms with Crippen molar-refractivity contribution in [3.8, 4) is 22.3 Å². The van der Waals surface area contributed by atoms with Gasteiger partial charge in [-0.05, 0) is 134 Å². The number of halogens is 3. The average Bonchev–Trinajstić information content (AvgIpc) is 2.85. The lowest BCUT2D eigenvalue weighted by Gasteiger charge is -2.19. The van der Waals surface area contributed by atoms with Crippen LogP contribution >= 0.6 is 67.8 Å². The maximum Gasteiger partial charge on any atom is 0.0397 e. The lowest BCUT2D eigenvalue weighted by molar-refractivity contribution is 1.52. The Balaban J connectivity index is 1.82. The second-order valence-electron chi connectivity index (χ2n) is 8.12. The van der Waals surface area contributed by atoms with Crippen LogP contribution in [0.2, 0.25) is 0 Å². The minimum atomic E-state index is 1.27. The second kappa shape index (κ2) is 8.82. The molecule has 0 saturated carbocycles. The van der Waals surface area contributed by atoms with Gasteiger partial charge in [0.1, 0.15) is 0 Å². The van der Waals surface area contributed by atoms with Crippen LogP contribution in [0, 0.1) is 10.7 Å². The molecular formula is C30H17I3. The van der Waals surface area contributed by atoms with Crippen molar-refractivity contribution in [1.82, 2.24) is 0 Å². The van der Waals surface area contributed by atoms with E-state index in [4.69, 9.17) is 0 Å². The van der Waals surface area contributed by atoms with Gasteiger partial charge in [0.05, 0.1) is 0 Å². The molecule has 0 unspecified atom stereocenters. The van der Waals surface area contributed by atoms with Crippen LogP contribution in [0.3, 0.4) is 0 Å². The summed E-state index contributed by atoms with van der Waals surface area (Å²) in [7, 11) is 0. The first-order chi connectivity index (χ1) is 16.1. The van der Waals surface area contributed by atoms with E-state index in [-0.39, 0.29) is 0 Å². The molecule has 158 valence electrons. The molecule has 0 nitrogen and oxygen atoms in total. The van der Waals surface area contributed by atoms with Gasteiger partial charge in [0, 0.05) is 10.7 Å². The highest BCUT2D eigenvalue weighted by Gasteiger charge is 2.18. The molecule has 0 aliphatic carbocycles. The van der Waals surface area contributed by atoms with Gasteiger partial charge in [-0.1, -0.05) is 91.0 Å². The Morgan fingerprint density at radius 2 is 0.879 bits per heavy atom. The smallest absolute Gasteiger partial charge is 0.0397 e. The lowest BCUT2D eigenvalue weighted by atomic mass is 9.85. The SMILES string of the molecule is Ic1cc(-c2c3ccccc3c(-c3cccc4ccccc34)c3ccccc23)cc(I)c1I. The van der Waals surface area contributed by atoms with E-state index >= 15 is 0 Å². The van der Waals surface area contributed by atoms with Gasteiger partial charge in [0.15, 0.2) is 0 Å². The Morgan fingerprint density at radius 1 is 0.424 bits per heavy atom. The molecule has 0 N–H and O–H groups in total. The van der Waals surface area contributed by atoms with E-state index in [2.05, 4.69) is 171 Å². The summed E-state index contributed by atoms with van der Waals surface area (Å²) in [6, 6.07) is 37.8. The molecule has 0 radical (unpaired) electrons. The summed E-state index contributed by atoms with van der Waals surface area (Å²) in [4.78, 5) is 0. The van der Waals surface area contributed by atoms with Crippen LogP contribution in [0.1, 0.15) is 0 Å². The highest BCUT2D eigenvalue weighted by atomic mass is 127. The second-order valence-corrected chi connectivity index (χ2v) is 11.5. The van der Waals surface area contributed by atoms with E-state index < -0.39 is 0 Å². The summed E-state index contributed by atoms with van der Waals surface area (Å²) in [5.74, 6) is 0. The molecular weight excluding hydrogens is 741 g/mol. The van der Waals surface area contributed by atoms with Crippen molar-refractivity contribution in [3.05, 3.63) is 114 Å². The van der Waals surface area contributed by atoms with Gasteiger partial charge in [-0.15, -0.1) is 0 Å². The summed E-state index contributed by atoms with van der Waals surface area (Å²) in [6.07, 6.45) is 0. The molecule has 0 aliphatic heterocycles. The van der Waals surface area contributed by atoms with E-state index in [9.17, 15) is 0 Å². The highest BCUT2D eigenvalue weighted by molar-refractivity contribution is 14.1. The fourth-order valence-electron chi connectivity index (χ4n) is 4.87. The van der Waals surface area contributed by atoms with Crippen molar-refractivity contribution < 1.29 is 0 Å². The summed E-state index contributed by atoms with van der Waals surface area (Å²) >= 11 is 7.37. The summed E-state index contributed by atoms with van der Waals surface area (Å²) < 4.78 is 3.90. The molecule has 6 aromatic rings. The average molecular weight is 758 g/mol. The number of hydrogen-bond donors (Lipinski definition) is 0. The maximum absolute atomic E-state index is 2.46. The Morgan fingerprint density at radius 3 is 1.45 bits per heavy atom. The van der Waals surface area contributed by atoms with Crippen molar-refractivity contribution in [2.24, 2.45) is 0 Å². The maximum atomic E-state index is 2.46. The van der Waals surface area contributed by atoms with Crippen LogP contribution in [0.5, 0.6) is 0 Å². The van der Waals surface area contributed by atoms with Crippen LogP contribution in [0.25, 0.3) is 54.6 Å². The summed E-state index contributed by atoms with van der Waals surface area (Å²) in [5, 5.41) is 7.76. The van der Waals surface area contributed by atoms with Gasteiger partial charge in [-0.2, -0.15) is 0 Å². The predicted octanol–water partition coefficient (Wildman–Crippen LogP) is 10.3. The Labute approximate surface area is 233 Å². The molecule has 0 aliphatic rings. The van der Waals surface area contributed by atoms with Crippen LogP contribution in [-0.4, -0.2) is 0 Å². The molecule has 0 aromatic heterocycles. The van der Waals surface area contributed by atoms with E-state index in [0.717, 1.165) is 0 Å². The number of fused-ring (bicyclic) bond motifs is 3. The summed E-state index contributed by atoms with van der Waals surface area (Å²) in [5.41, 5.74) is 5.20. The minimum Gasteiger partial charge on any atom is -0.0616 e. The van der Waals surface area contributed by atoms with Crippen molar-refractivity contribution in [2.45, 2.75) is 0 Å². The van der Waals surface area contributed by atoms with Crippen molar-refractivity contribution >= 4 is 100 Å². The molecule has 0 heterocycles. The lowest BCUT2D eigenvalue weighted by Crippen LogP contribution is -1.93. The number of benzene rings is 6. The third-order valence-electron chi connectivity index (χ3n) is 6.26. The molecule has 0 amide bonds. The van der Waals surface area contributed by atoms with Crippen molar-refractivity contribution in [1.29, 1.82) is 0 Å². The van der Waals surface area contributed by atoms with Gasteiger partial charge < -0.3 is 0 Å². The minimum absolute atomic E-state index is 1.27. The van der Waals surface area contributed by atoms with Crippen molar-refractivity contribution in [3.63, 3.8) is 0 Å². The fourth-order valence-corrected chi connectivity index (χ4v) is 6.95. The van der Waals surface area contributed by atoms with Gasteiger partial charge in [0.2, 0.25) is 0 Å². The van der Waals surface area contributed by atoms with Gasteiger partial charge in [0.25, 0.3) is 0 Å². The first kappa shape index (κ1) is 21.8. The topological polar surface area (TPSA) is 0 Å². The van der Waals surface area contributed by atoms with E-state index in [0.29, 0.717) is 0 Å². The first-order valence-corrected chi connectivity index (χ1v) is 13.9. The van der Waals surface area contributed by atoms with Crippen LogP contribution < -0.4 is 0 Å². The monoisotopic (exact) mass is 758 g/mol. The van der Waals surface area contributed by atoms with Crippen LogP contribution in [0.4, 0.5) is 0 Å². The zero-order valence-corrected chi connectivity index (χ0v) is 23.9. The molecule has 0 bridgehead atoms. The first-order valence-electron chi connectivity index (χ1n) is 10.7. The summed E-state index contributed by atoms with van der Waals surface area (Å²) in [6.45, 7) is 0. The largest absolute Gasteiger partial charge is 0.0616 e. The molecule has 6 rings (SSSR count). The third kappa shape index (κ3) is 3.67. The third-order valence-corrected chi connectivity index (χ3v) is 11.2. The van der Waals surface area contributed by atoms with Gasteiger partial charge >= 0.3 is 0 Å². The van der Waals surface area contributed by atoms with Crippen molar-refractivity contribution in [2.75, 3.05) is 0 Å². The molecule has 33 heavy (non-hydrogen) atoms. The number of rotatable bonds is 2. The molecule has 0 atom stereocenters. The quantitative estimate of drug-likeness (QED) is 0.0938. The molecule has 0 fully saturated rings. The van der Waals surface area contributed by atoms with Crippen LogP contribution in [0.15, 0.2) is 103 Å².